The van der Waals surface area contributed by atoms with E-state index in [1.165, 1.54) is 25.7 Å². The Balaban J connectivity index is 1.64. The van der Waals surface area contributed by atoms with Crippen LogP contribution in [0.1, 0.15) is 37.7 Å². The average Bonchev–Trinajstić information content (AvgIpc) is 3.22. The summed E-state index contributed by atoms with van der Waals surface area (Å²) in [6.45, 7) is 2.04. The Kier molecular flexibility index (Phi) is 5.39. The maximum absolute atomic E-state index is 12.7. The van der Waals surface area contributed by atoms with Gasteiger partial charge in [-0.05, 0) is 36.5 Å². The van der Waals surface area contributed by atoms with Gasteiger partial charge in [-0.25, -0.2) is 0 Å². The van der Waals surface area contributed by atoms with Crippen molar-refractivity contribution >= 4 is 5.91 Å². The predicted octanol–water partition coefficient (Wildman–Crippen LogP) is 2.97. The smallest absolute Gasteiger partial charge is 0.231 e. The molecule has 0 radical (unpaired) electrons. The second kappa shape index (κ2) is 7.68. The minimum atomic E-state index is 0.228. The topological polar surface area (TPSA) is 48.0 Å². The minimum Gasteiger partial charge on any atom is -0.454 e. The lowest BCUT2D eigenvalue weighted by molar-refractivity contribution is -0.133. The lowest BCUT2D eigenvalue weighted by Crippen LogP contribution is -2.34. The van der Waals surface area contributed by atoms with E-state index in [-0.39, 0.29) is 12.7 Å². The van der Waals surface area contributed by atoms with Crippen molar-refractivity contribution in [3.63, 3.8) is 0 Å². The van der Waals surface area contributed by atoms with Gasteiger partial charge in [0.2, 0.25) is 12.7 Å². The molecule has 23 heavy (non-hydrogen) atoms. The molecule has 5 heteroatoms. The van der Waals surface area contributed by atoms with Crippen LogP contribution in [-0.2, 0) is 16.1 Å². The number of hydrogen-bond donors (Lipinski definition) is 0. The Bertz CT molecular complexity index is 540. The first-order valence-corrected chi connectivity index (χ1v) is 8.41. The molecular formula is C18H25NO4. The van der Waals surface area contributed by atoms with Crippen LogP contribution in [0.4, 0.5) is 0 Å². The Morgan fingerprint density at radius 3 is 2.83 bits per heavy atom. The van der Waals surface area contributed by atoms with Gasteiger partial charge >= 0.3 is 0 Å². The number of fused-ring (bicyclic) bond motifs is 1. The molecule has 126 valence electrons. The fraction of sp³-hybridized carbons (Fsp3) is 0.611. The first kappa shape index (κ1) is 16.1. The van der Waals surface area contributed by atoms with Crippen molar-refractivity contribution in [2.75, 3.05) is 27.1 Å². The summed E-state index contributed by atoms with van der Waals surface area (Å²) in [7, 11) is 1.67. The maximum atomic E-state index is 12.7. The number of hydrogen-bond acceptors (Lipinski definition) is 4. The van der Waals surface area contributed by atoms with Crippen molar-refractivity contribution in [2.24, 2.45) is 5.92 Å². The van der Waals surface area contributed by atoms with Gasteiger partial charge in [0.05, 0.1) is 6.61 Å². The summed E-state index contributed by atoms with van der Waals surface area (Å²) in [6.07, 6.45) is 5.56. The zero-order valence-electron chi connectivity index (χ0n) is 13.8. The lowest BCUT2D eigenvalue weighted by atomic mass is 10.0. The first-order valence-electron chi connectivity index (χ1n) is 8.41. The molecule has 1 aromatic rings. The maximum Gasteiger partial charge on any atom is 0.231 e. The minimum absolute atomic E-state index is 0.228. The SMILES string of the molecule is COCCN(Cc1ccc2c(c1)OCO2)C(=O)CC1CCCC1. The van der Waals surface area contributed by atoms with E-state index in [1.807, 2.05) is 23.1 Å². The summed E-state index contributed by atoms with van der Waals surface area (Å²) in [5, 5.41) is 0. The fourth-order valence-electron chi connectivity index (χ4n) is 3.34. The van der Waals surface area contributed by atoms with E-state index in [9.17, 15) is 4.79 Å². The number of methoxy groups -OCH3 is 1. The fourth-order valence-corrected chi connectivity index (χ4v) is 3.34. The van der Waals surface area contributed by atoms with Crippen LogP contribution >= 0.6 is 0 Å². The third-order valence-electron chi connectivity index (χ3n) is 4.67. The molecule has 1 fully saturated rings. The molecule has 1 amide bonds. The van der Waals surface area contributed by atoms with Gasteiger partial charge in [0.15, 0.2) is 11.5 Å². The molecule has 1 heterocycles. The number of carbonyl (C=O) groups is 1. The van der Waals surface area contributed by atoms with E-state index in [4.69, 9.17) is 14.2 Å². The number of nitrogens with zero attached hydrogens (tertiary/aromatic N) is 1. The number of benzene rings is 1. The van der Waals surface area contributed by atoms with Crippen LogP contribution in [-0.4, -0.2) is 37.9 Å². The summed E-state index contributed by atoms with van der Waals surface area (Å²) >= 11 is 0. The molecule has 1 aromatic carbocycles. The van der Waals surface area contributed by atoms with E-state index >= 15 is 0 Å². The van der Waals surface area contributed by atoms with Gasteiger partial charge in [0.1, 0.15) is 0 Å². The first-order chi connectivity index (χ1) is 11.3. The van der Waals surface area contributed by atoms with Crippen LogP contribution in [0.2, 0.25) is 0 Å². The number of carbonyl (C=O) groups excluding carboxylic acids is 1. The van der Waals surface area contributed by atoms with Gasteiger partial charge in [-0.3, -0.25) is 4.79 Å². The third-order valence-corrected chi connectivity index (χ3v) is 4.67. The highest BCUT2D eigenvalue weighted by Crippen LogP contribution is 2.33. The predicted molar refractivity (Wildman–Crippen MR) is 86.4 cm³/mol. The van der Waals surface area contributed by atoms with Crippen LogP contribution in [0.3, 0.4) is 0 Å². The molecule has 0 saturated heterocycles. The van der Waals surface area contributed by atoms with Crippen molar-refractivity contribution < 1.29 is 19.0 Å². The highest BCUT2D eigenvalue weighted by molar-refractivity contribution is 5.76. The number of ether oxygens (including phenoxy) is 3. The van der Waals surface area contributed by atoms with E-state index in [2.05, 4.69) is 0 Å². The number of rotatable bonds is 7. The van der Waals surface area contributed by atoms with Gasteiger partial charge < -0.3 is 19.1 Å². The van der Waals surface area contributed by atoms with Gasteiger partial charge in [0, 0.05) is 26.6 Å². The quantitative estimate of drug-likeness (QED) is 0.775. The largest absolute Gasteiger partial charge is 0.454 e. The highest BCUT2D eigenvalue weighted by Gasteiger charge is 2.23. The second-order valence-corrected chi connectivity index (χ2v) is 6.35. The summed E-state index contributed by atoms with van der Waals surface area (Å²) in [6, 6.07) is 5.87. The molecule has 2 aliphatic rings. The molecule has 0 atom stereocenters. The highest BCUT2D eigenvalue weighted by atomic mass is 16.7. The monoisotopic (exact) mass is 319 g/mol. The molecule has 0 bridgehead atoms. The molecule has 0 aromatic heterocycles. The summed E-state index contributed by atoms with van der Waals surface area (Å²) in [4.78, 5) is 14.6. The molecule has 5 nitrogen and oxygen atoms in total. The lowest BCUT2D eigenvalue weighted by Gasteiger charge is -2.24. The molecular weight excluding hydrogens is 294 g/mol. The molecule has 1 saturated carbocycles. The molecule has 0 spiro atoms. The van der Waals surface area contributed by atoms with Gasteiger partial charge in [-0.15, -0.1) is 0 Å². The standard InChI is InChI=1S/C18H25NO4/c1-21-9-8-19(18(20)11-14-4-2-3-5-14)12-15-6-7-16-17(10-15)23-13-22-16/h6-7,10,14H,2-5,8-9,11-13H2,1H3. The summed E-state index contributed by atoms with van der Waals surface area (Å²) in [5.74, 6) is 2.32. The van der Waals surface area contributed by atoms with E-state index < -0.39 is 0 Å². The number of amides is 1. The van der Waals surface area contributed by atoms with Crippen molar-refractivity contribution in [2.45, 2.75) is 38.6 Å². The zero-order valence-corrected chi connectivity index (χ0v) is 13.8. The van der Waals surface area contributed by atoms with Crippen molar-refractivity contribution in [3.05, 3.63) is 23.8 Å². The second-order valence-electron chi connectivity index (χ2n) is 6.35. The van der Waals surface area contributed by atoms with Crippen molar-refractivity contribution in [3.8, 4) is 11.5 Å². The Morgan fingerprint density at radius 1 is 1.26 bits per heavy atom. The Morgan fingerprint density at radius 2 is 2.04 bits per heavy atom. The zero-order chi connectivity index (χ0) is 16.1. The van der Waals surface area contributed by atoms with E-state index in [1.54, 1.807) is 7.11 Å². The van der Waals surface area contributed by atoms with Crippen molar-refractivity contribution in [1.82, 2.24) is 4.90 Å². The molecule has 0 N–H and O–H groups in total. The van der Waals surface area contributed by atoms with Gasteiger partial charge in [0.25, 0.3) is 0 Å². The Labute approximate surface area is 137 Å². The summed E-state index contributed by atoms with van der Waals surface area (Å²) < 4.78 is 15.9. The van der Waals surface area contributed by atoms with E-state index in [0.717, 1.165) is 17.1 Å². The van der Waals surface area contributed by atoms with Crippen LogP contribution < -0.4 is 9.47 Å². The summed E-state index contributed by atoms with van der Waals surface area (Å²) in [5.41, 5.74) is 1.06. The van der Waals surface area contributed by atoms with Crippen LogP contribution in [0.25, 0.3) is 0 Å². The van der Waals surface area contributed by atoms with Gasteiger partial charge in [-0.1, -0.05) is 18.9 Å². The van der Waals surface area contributed by atoms with Crippen LogP contribution in [0.5, 0.6) is 11.5 Å². The molecule has 3 rings (SSSR count). The van der Waals surface area contributed by atoms with Gasteiger partial charge in [-0.2, -0.15) is 0 Å². The molecule has 1 aliphatic heterocycles. The van der Waals surface area contributed by atoms with Crippen LogP contribution in [0.15, 0.2) is 18.2 Å². The average molecular weight is 319 g/mol. The Hall–Kier alpha value is -1.75. The normalized spacial score (nSPS) is 16.7. The molecule has 1 aliphatic carbocycles. The third kappa shape index (κ3) is 4.16. The van der Waals surface area contributed by atoms with E-state index in [0.29, 0.717) is 32.0 Å². The van der Waals surface area contributed by atoms with Crippen molar-refractivity contribution in [1.29, 1.82) is 0 Å². The van der Waals surface area contributed by atoms with Crippen LogP contribution in [0, 0.1) is 5.92 Å². The molecule has 0 unspecified atom stereocenters.